The van der Waals surface area contributed by atoms with Gasteiger partial charge in [0.05, 0.1) is 5.75 Å². The number of carbonyl (C=O) groups excluding carboxylic acids is 1. The molecule has 7 heteroatoms. The third-order valence-corrected chi connectivity index (χ3v) is 5.44. The van der Waals surface area contributed by atoms with Crippen LogP contribution < -0.4 is 11.2 Å². The van der Waals surface area contributed by atoms with E-state index in [9.17, 15) is 4.79 Å². The number of rotatable bonds is 7. The Bertz CT molecular complexity index is 937. The molecule has 1 amide bonds. The van der Waals surface area contributed by atoms with Crippen LogP contribution in [-0.4, -0.2) is 26.5 Å². The van der Waals surface area contributed by atoms with Crippen LogP contribution in [0.1, 0.15) is 35.7 Å². The number of nitrogens with two attached hydrogens (primary N) is 1. The zero-order valence-corrected chi connectivity index (χ0v) is 15.7. The minimum absolute atomic E-state index is 0.0866. The van der Waals surface area contributed by atoms with Crippen molar-refractivity contribution in [3.05, 3.63) is 71.5 Å². The summed E-state index contributed by atoms with van der Waals surface area (Å²) in [6.45, 7) is 0. The molecule has 3 aromatic rings. The Labute approximate surface area is 162 Å². The van der Waals surface area contributed by atoms with E-state index in [4.69, 9.17) is 5.84 Å². The molecule has 0 atom stereocenters. The fraction of sp³-hybridized carbons (Fsp3) is 0.250. The van der Waals surface area contributed by atoms with Gasteiger partial charge in [0.1, 0.15) is 0 Å². The molecule has 0 unspecified atom stereocenters. The first-order valence-corrected chi connectivity index (χ1v) is 9.94. The van der Waals surface area contributed by atoms with Gasteiger partial charge in [0.15, 0.2) is 5.82 Å². The van der Waals surface area contributed by atoms with Gasteiger partial charge in [0, 0.05) is 11.6 Å². The number of thioether (sulfide) groups is 1. The number of hydrogen-bond donors (Lipinski definition) is 2. The van der Waals surface area contributed by atoms with Crippen molar-refractivity contribution in [3.8, 4) is 0 Å². The summed E-state index contributed by atoms with van der Waals surface area (Å²) in [5, 5.41) is 11.8. The fourth-order valence-corrected chi connectivity index (χ4v) is 3.60. The standard InChI is InChI=1S/C20H21N5OS/c21-25-19(15-10-11-15)23-24-20(25)27-13-18(26)22-17-9-5-4-8-16(17)12-14-6-2-1-3-7-14/h1-9,15H,10-13,21H2,(H,22,26). The van der Waals surface area contributed by atoms with Gasteiger partial charge in [-0.05, 0) is 36.5 Å². The molecule has 1 saturated carbocycles. The topological polar surface area (TPSA) is 85.8 Å². The summed E-state index contributed by atoms with van der Waals surface area (Å²) in [5.41, 5.74) is 3.12. The third kappa shape index (κ3) is 4.31. The van der Waals surface area contributed by atoms with Gasteiger partial charge in [-0.1, -0.05) is 60.3 Å². The van der Waals surface area contributed by atoms with Crippen LogP contribution in [0.25, 0.3) is 0 Å². The third-order valence-electron chi connectivity index (χ3n) is 4.49. The van der Waals surface area contributed by atoms with Crippen LogP contribution in [0.3, 0.4) is 0 Å². The highest BCUT2D eigenvalue weighted by molar-refractivity contribution is 7.99. The molecule has 138 valence electrons. The molecule has 6 nitrogen and oxygen atoms in total. The Balaban J connectivity index is 1.38. The highest BCUT2D eigenvalue weighted by atomic mass is 32.2. The summed E-state index contributed by atoms with van der Waals surface area (Å²) in [4.78, 5) is 12.4. The maximum atomic E-state index is 12.4. The van der Waals surface area contributed by atoms with Gasteiger partial charge in [-0.15, -0.1) is 10.2 Å². The van der Waals surface area contributed by atoms with Gasteiger partial charge in [0.2, 0.25) is 11.1 Å². The summed E-state index contributed by atoms with van der Waals surface area (Å²) in [6.07, 6.45) is 2.99. The average molecular weight is 379 g/mol. The monoisotopic (exact) mass is 379 g/mol. The highest BCUT2D eigenvalue weighted by Gasteiger charge is 2.30. The lowest BCUT2D eigenvalue weighted by molar-refractivity contribution is -0.113. The zero-order chi connectivity index (χ0) is 18.6. The molecule has 0 radical (unpaired) electrons. The lowest BCUT2D eigenvalue weighted by atomic mass is 10.0. The number of carbonyl (C=O) groups is 1. The molecule has 0 bridgehead atoms. The van der Waals surface area contributed by atoms with Crippen molar-refractivity contribution in [1.29, 1.82) is 0 Å². The average Bonchev–Trinajstić information content (AvgIpc) is 3.46. The summed E-state index contributed by atoms with van der Waals surface area (Å²) >= 11 is 1.30. The first-order chi connectivity index (χ1) is 13.2. The molecule has 0 aliphatic heterocycles. The van der Waals surface area contributed by atoms with Crippen LogP contribution in [-0.2, 0) is 11.2 Å². The maximum Gasteiger partial charge on any atom is 0.234 e. The Morgan fingerprint density at radius 2 is 1.85 bits per heavy atom. The molecule has 2 aromatic carbocycles. The number of nitrogen functional groups attached to an aromatic ring is 1. The molecule has 1 fully saturated rings. The molecule has 1 aliphatic carbocycles. The second-order valence-electron chi connectivity index (χ2n) is 6.64. The molecule has 27 heavy (non-hydrogen) atoms. The molecular formula is C20H21N5OS. The van der Waals surface area contributed by atoms with E-state index in [0.29, 0.717) is 11.1 Å². The molecule has 4 rings (SSSR count). The Morgan fingerprint density at radius 1 is 1.11 bits per heavy atom. The Kier molecular flexibility index (Phi) is 5.11. The zero-order valence-electron chi connectivity index (χ0n) is 14.8. The van der Waals surface area contributed by atoms with Crippen LogP contribution in [0.4, 0.5) is 5.69 Å². The largest absolute Gasteiger partial charge is 0.336 e. The highest BCUT2D eigenvalue weighted by Crippen LogP contribution is 2.39. The SMILES string of the molecule is Nn1c(SCC(=O)Nc2ccccc2Cc2ccccc2)nnc1C1CC1. The van der Waals surface area contributed by atoms with E-state index in [1.54, 1.807) is 0 Å². The van der Waals surface area contributed by atoms with Gasteiger partial charge in [0.25, 0.3) is 0 Å². The summed E-state index contributed by atoms with van der Waals surface area (Å²) in [6, 6.07) is 18.1. The summed E-state index contributed by atoms with van der Waals surface area (Å²) in [7, 11) is 0. The van der Waals surface area contributed by atoms with E-state index in [1.807, 2.05) is 42.5 Å². The quantitative estimate of drug-likeness (QED) is 0.486. The van der Waals surface area contributed by atoms with Crippen LogP contribution in [0.2, 0.25) is 0 Å². The minimum Gasteiger partial charge on any atom is -0.336 e. The predicted molar refractivity (Wildman–Crippen MR) is 107 cm³/mol. The van der Waals surface area contributed by atoms with Gasteiger partial charge >= 0.3 is 0 Å². The van der Waals surface area contributed by atoms with Crippen molar-refractivity contribution in [2.45, 2.75) is 30.3 Å². The smallest absolute Gasteiger partial charge is 0.234 e. The first kappa shape index (κ1) is 17.6. The molecule has 0 saturated heterocycles. The van der Waals surface area contributed by atoms with E-state index in [0.717, 1.165) is 36.3 Å². The van der Waals surface area contributed by atoms with Gasteiger partial charge in [-0.2, -0.15) is 0 Å². The molecule has 0 spiro atoms. The first-order valence-electron chi connectivity index (χ1n) is 8.95. The van der Waals surface area contributed by atoms with Crippen molar-refractivity contribution >= 4 is 23.4 Å². The molecule has 1 aliphatic rings. The van der Waals surface area contributed by atoms with Gasteiger partial charge in [-0.3, -0.25) is 4.79 Å². The van der Waals surface area contributed by atoms with E-state index in [2.05, 4.69) is 27.6 Å². The second kappa shape index (κ2) is 7.84. The number of benzene rings is 2. The number of amides is 1. The maximum absolute atomic E-state index is 12.4. The number of aromatic nitrogens is 3. The lowest BCUT2D eigenvalue weighted by Crippen LogP contribution is -2.17. The number of nitrogens with one attached hydrogen (secondary N) is 1. The number of anilines is 1. The Hall–Kier alpha value is -2.80. The minimum atomic E-state index is -0.0866. The van der Waals surface area contributed by atoms with Crippen LogP contribution >= 0.6 is 11.8 Å². The molecule has 3 N–H and O–H groups in total. The number of nitrogens with zero attached hydrogens (tertiary/aromatic N) is 3. The predicted octanol–water partition coefficient (Wildman–Crippen LogP) is 3.19. The van der Waals surface area contributed by atoms with E-state index >= 15 is 0 Å². The van der Waals surface area contributed by atoms with E-state index in [1.165, 1.54) is 22.0 Å². The molecule has 1 aromatic heterocycles. The normalized spacial score (nSPS) is 13.5. The lowest BCUT2D eigenvalue weighted by Gasteiger charge is -2.11. The van der Waals surface area contributed by atoms with Crippen molar-refractivity contribution in [2.75, 3.05) is 16.9 Å². The fourth-order valence-electron chi connectivity index (χ4n) is 2.94. The molecule has 1 heterocycles. The summed E-state index contributed by atoms with van der Waals surface area (Å²) in [5.74, 6) is 7.42. The van der Waals surface area contributed by atoms with Crippen LogP contribution in [0, 0.1) is 0 Å². The second-order valence-corrected chi connectivity index (χ2v) is 7.58. The van der Waals surface area contributed by atoms with Gasteiger partial charge in [-0.25, -0.2) is 4.68 Å². The van der Waals surface area contributed by atoms with Crippen molar-refractivity contribution in [2.24, 2.45) is 0 Å². The van der Waals surface area contributed by atoms with Crippen molar-refractivity contribution in [1.82, 2.24) is 14.9 Å². The van der Waals surface area contributed by atoms with Crippen molar-refractivity contribution in [3.63, 3.8) is 0 Å². The summed E-state index contributed by atoms with van der Waals surface area (Å²) < 4.78 is 1.51. The number of para-hydroxylation sites is 1. The van der Waals surface area contributed by atoms with Crippen LogP contribution in [0.5, 0.6) is 0 Å². The number of hydrogen-bond acceptors (Lipinski definition) is 5. The Morgan fingerprint density at radius 3 is 2.63 bits per heavy atom. The van der Waals surface area contributed by atoms with Crippen LogP contribution in [0.15, 0.2) is 59.8 Å². The van der Waals surface area contributed by atoms with E-state index in [-0.39, 0.29) is 11.7 Å². The van der Waals surface area contributed by atoms with Crippen molar-refractivity contribution < 1.29 is 4.79 Å². The van der Waals surface area contributed by atoms with E-state index < -0.39 is 0 Å². The molecular weight excluding hydrogens is 358 g/mol. The van der Waals surface area contributed by atoms with Gasteiger partial charge < -0.3 is 11.2 Å².